The van der Waals surface area contributed by atoms with Gasteiger partial charge in [-0.2, -0.15) is 0 Å². The van der Waals surface area contributed by atoms with Gasteiger partial charge in [0.15, 0.2) is 0 Å². The van der Waals surface area contributed by atoms with E-state index >= 15 is 0 Å². The number of likely N-dealkylation sites (tertiary alicyclic amines) is 1. The van der Waals surface area contributed by atoms with E-state index in [0.717, 1.165) is 25.8 Å². The Morgan fingerprint density at radius 2 is 2.05 bits per heavy atom. The number of nitrogens with zero attached hydrogens (tertiary/aromatic N) is 1. The van der Waals surface area contributed by atoms with Crippen LogP contribution in [-0.4, -0.2) is 41.1 Å². The third-order valence-corrected chi connectivity index (χ3v) is 5.13. The highest BCUT2D eigenvalue weighted by Gasteiger charge is 2.36. The van der Waals surface area contributed by atoms with Gasteiger partial charge in [0.25, 0.3) is 0 Å². The van der Waals surface area contributed by atoms with E-state index in [1.54, 1.807) is 0 Å². The highest BCUT2D eigenvalue weighted by Crippen LogP contribution is 2.37. The first kappa shape index (κ1) is 16.1. The summed E-state index contributed by atoms with van der Waals surface area (Å²) in [4.78, 5) is 25.0. The van der Waals surface area contributed by atoms with Gasteiger partial charge in [-0.15, -0.1) is 0 Å². The van der Waals surface area contributed by atoms with Gasteiger partial charge in [0.05, 0.1) is 0 Å². The van der Waals surface area contributed by atoms with Crippen molar-refractivity contribution in [2.24, 2.45) is 11.3 Å². The summed E-state index contributed by atoms with van der Waals surface area (Å²) in [5.41, 5.74) is 0.189. The monoisotopic (exact) mass is 296 g/mol. The summed E-state index contributed by atoms with van der Waals surface area (Å²) in [6.45, 7) is 5.93. The predicted molar refractivity (Wildman–Crippen MR) is 81.1 cm³/mol. The molecule has 5 heteroatoms. The van der Waals surface area contributed by atoms with Crippen molar-refractivity contribution in [3.8, 4) is 0 Å². The number of urea groups is 1. The zero-order chi connectivity index (χ0) is 15.5. The first-order valence-electron chi connectivity index (χ1n) is 8.16. The summed E-state index contributed by atoms with van der Waals surface area (Å²) in [6.07, 6.45) is 6.30. The second kappa shape index (κ2) is 6.67. The van der Waals surface area contributed by atoms with E-state index in [2.05, 4.69) is 19.2 Å². The highest BCUT2D eigenvalue weighted by atomic mass is 16.4. The Balaban J connectivity index is 1.83. The molecule has 0 spiro atoms. The minimum atomic E-state index is -0.746. The average molecular weight is 296 g/mol. The Bertz CT molecular complexity index is 395. The van der Waals surface area contributed by atoms with Crippen molar-refractivity contribution in [1.29, 1.82) is 0 Å². The molecule has 0 aromatic carbocycles. The number of hydrogen-bond acceptors (Lipinski definition) is 2. The Morgan fingerprint density at radius 1 is 1.29 bits per heavy atom. The molecule has 2 amide bonds. The number of hydrogen-bond donors (Lipinski definition) is 2. The molecule has 0 aromatic heterocycles. The molecule has 1 aliphatic heterocycles. The van der Waals surface area contributed by atoms with Crippen LogP contribution >= 0.6 is 0 Å². The summed E-state index contributed by atoms with van der Waals surface area (Å²) in [5, 5.41) is 12.0. The fourth-order valence-corrected chi connectivity index (χ4v) is 3.65. The fourth-order valence-electron chi connectivity index (χ4n) is 3.65. The summed E-state index contributed by atoms with van der Waals surface area (Å²) in [6, 6.07) is 0.305. The molecule has 0 radical (unpaired) electrons. The topological polar surface area (TPSA) is 69.6 Å². The van der Waals surface area contributed by atoms with E-state index in [-0.39, 0.29) is 23.9 Å². The van der Waals surface area contributed by atoms with E-state index in [9.17, 15) is 9.59 Å². The maximum Gasteiger partial charge on any atom is 0.317 e. The number of aliphatic carboxylic acids is 1. The SMILES string of the molecule is CC1(C)CCCC1NC(=O)N1CCCC(CCC(=O)O)C1. The summed E-state index contributed by atoms with van der Waals surface area (Å²) in [5.74, 6) is -0.415. The molecule has 2 rings (SSSR count). The molecule has 1 saturated heterocycles. The van der Waals surface area contributed by atoms with Crippen LogP contribution in [0.15, 0.2) is 0 Å². The van der Waals surface area contributed by atoms with E-state index < -0.39 is 5.97 Å². The Hall–Kier alpha value is -1.26. The van der Waals surface area contributed by atoms with Gasteiger partial charge in [-0.3, -0.25) is 4.79 Å². The standard InChI is InChI=1S/C16H28N2O3/c1-16(2)9-3-6-13(16)17-15(21)18-10-4-5-12(11-18)7-8-14(19)20/h12-13H,3-11H2,1-2H3,(H,17,21)(H,19,20). The van der Waals surface area contributed by atoms with Gasteiger partial charge < -0.3 is 15.3 Å². The highest BCUT2D eigenvalue weighted by molar-refractivity contribution is 5.74. The van der Waals surface area contributed by atoms with Gasteiger partial charge in [0, 0.05) is 25.6 Å². The van der Waals surface area contributed by atoms with Gasteiger partial charge in [-0.25, -0.2) is 4.79 Å². The van der Waals surface area contributed by atoms with Crippen LogP contribution in [-0.2, 0) is 4.79 Å². The van der Waals surface area contributed by atoms with Gasteiger partial charge in [-0.1, -0.05) is 20.3 Å². The largest absolute Gasteiger partial charge is 0.481 e. The van der Waals surface area contributed by atoms with Crippen molar-refractivity contribution in [2.75, 3.05) is 13.1 Å². The lowest BCUT2D eigenvalue weighted by Gasteiger charge is -2.35. The molecule has 2 aliphatic rings. The average Bonchev–Trinajstić information content (AvgIpc) is 2.76. The third kappa shape index (κ3) is 4.35. The van der Waals surface area contributed by atoms with Gasteiger partial charge in [-0.05, 0) is 43.4 Å². The minimum absolute atomic E-state index is 0.0370. The Kier molecular flexibility index (Phi) is 5.12. The molecule has 5 nitrogen and oxygen atoms in total. The molecule has 1 heterocycles. The normalized spacial score (nSPS) is 28.4. The van der Waals surface area contributed by atoms with Crippen LogP contribution in [0.3, 0.4) is 0 Å². The summed E-state index contributed by atoms with van der Waals surface area (Å²) < 4.78 is 0. The summed E-state index contributed by atoms with van der Waals surface area (Å²) in [7, 11) is 0. The molecule has 2 atom stereocenters. The van der Waals surface area contributed by atoms with Gasteiger partial charge in [0.1, 0.15) is 0 Å². The van der Waals surface area contributed by atoms with Crippen LogP contribution in [0.2, 0.25) is 0 Å². The van der Waals surface area contributed by atoms with Gasteiger partial charge >= 0.3 is 12.0 Å². The number of carboxylic acid groups (broad SMARTS) is 1. The number of carbonyl (C=O) groups is 2. The Morgan fingerprint density at radius 3 is 2.67 bits per heavy atom. The lowest BCUT2D eigenvalue weighted by molar-refractivity contribution is -0.137. The molecule has 21 heavy (non-hydrogen) atoms. The second-order valence-electron chi connectivity index (χ2n) is 7.27. The zero-order valence-electron chi connectivity index (χ0n) is 13.2. The zero-order valence-corrected chi connectivity index (χ0v) is 13.2. The number of amides is 2. The van der Waals surface area contributed by atoms with Crippen LogP contribution < -0.4 is 5.32 Å². The van der Waals surface area contributed by atoms with Crippen LogP contribution in [0.25, 0.3) is 0 Å². The van der Waals surface area contributed by atoms with Crippen LogP contribution in [0.4, 0.5) is 4.79 Å². The maximum atomic E-state index is 12.4. The fraction of sp³-hybridized carbons (Fsp3) is 0.875. The molecular formula is C16H28N2O3. The van der Waals surface area contributed by atoms with Crippen LogP contribution in [0, 0.1) is 11.3 Å². The molecule has 2 fully saturated rings. The number of nitrogens with one attached hydrogen (secondary N) is 1. The molecule has 120 valence electrons. The lowest BCUT2D eigenvalue weighted by atomic mass is 9.87. The van der Waals surface area contributed by atoms with Crippen molar-refractivity contribution in [3.05, 3.63) is 0 Å². The molecule has 0 aromatic rings. The predicted octanol–water partition coefficient (Wildman–Crippen LogP) is 2.85. The van der Waals surface area contributed by atoms with E-state index in [4.69, 9.17) is 5.11 Å². The lowest BCUT2D eigenvalue weighted by Crippen LogP contribution is -2.51. The minimum Gasteiger partial charge on any atom is -0.481 e. The van der Waals surface area contributed by atoms with Crippen LogP contribution in [0.5, 0.6) is 0 Å². The number of carbonyl (C=O) groups excluding carboxylic acids is 1. The summed E-state index contributed by atoms with van der Waals surface area (Å²) >= 11 is 0. The smallest absolute Gasteiger partial charge is 0.317 e. The molecule has 2 unspecified atom stereocenters. The molecule has 1 saturated carbocycles. The van der Waals surface area contributed by atoms with Crippen molar-refractivity contribution >= 4 is 12.0 Å². The second-order valence-corrected chi connectivity index (χ2v) is 7.27. The number of carboxylic acids is 1. The van der Waals surface area contributed by atoms with Gasteiger partial charge in [0.2, 0.25) is 0 Å². The van der Waals surface area contributed by atoms with E-state index in [1.807, 2.05) is 4.90 Å². The van der Waals surface area contributed by atoms with E-state index in [0.29, 0.717) is 18.9 Å². The molecular weight excluding hydrogens is 268 g/mol. The van der Waals surface area contributed by atoms with Crippen molar-refractivity contribution < 1.29 is 14.7 Å². The van der Waals surface area contributed by atoms with E-state index in [1.165, 1.54) is 12.8 Å². The first-order valence-corrected chi connectivity index (χ1v) is 8.16. The van der Waals surface area contributed by atoms with Crippen molar-refractivity contribution in [1.82, 2.24) is 10.2 Å². The van der Waals surface area contributed by atoms with Crippen LogP contribution in [0.1, 0.15) is 58.8 Å². The maximum absolute atomic E-state index is 12.4. The molecule has 1 aliphatic carbocycles. The number of piperidine rings is 1. The molecule has 2 N–H and O–H groups in total. The number of rotatable bonds is 4. The first-order chi connectivity index (χ1) is 9.88. The van der Waals surface area contributed by atoms with Crippen molar-refractivity contribution in [2.45, 2.75) is 64.8 Å². The molecule has 0 bridgehead atoms. The van der Waals surface area contributed by atoms with Crippen molar-refractivity contribution in [3.63, 3.8) is 0 Å². The quantitative estimate of drug-likeness (QED) is 0.838. The Labute approximate surface area is 127 Å². The third-order valence-electron chi connectivity index (χ3n) is 5.13.